The monoisotopic (exact) mass is 207 g/mol. The van der Waals surface area contributed by atoms with Crippen molar-refractivity contribution in [3.63, 3.8) is 0 Å². The molecule has 2 rings (SSSR count). The largest absolute Gasteiger partial charge is 0.334 e. The van der Waals surface area contributed by atoms with Crippen LogP contribution in [0, 0.1) is 17.0 Å². The van der Waals surface area contributed by atoms with E-state index in [2.05, 4.69) is 10.1 Å². The van der Waals surface area contributed by atoms with E-state index in [0.717, 1.165) is 0 Å². The highest BCUT2D eigenvalue weighted by Crippen LogP contribution is 2.25. The second kappa shape index (κ2) is 3.19. The summed E-state index contributed by atoms with van der Waals surface area (Å²) in [5.41, 5.74) is 0.404. The highest BCUT2D eigenvalue weighted by Gasteiger charge is 2.24. The van der Waals surface area contributed by atoms with Gasteiger partial charge in [0.2, 0.25) is 5.82 Å². The van der Waals surface area contributed by atoms with Crippen LogP contribution in [-0.4, -0.2) is 24.3 Å². The standard InChI is InChI=1S/C8H9N5O2/c1-6-7(13(14)15)8(11(2)10-6)12-4-3-9-5-12/h3-5H,1-2H3. The van der Waals surface area contributed by atoms with Gasteiger partial charge in [0, 0.05) is 19.4 Å². The third kappa shape index (κ3) is 1.37. The maximum atomic E-state index is 10.9. The molecule has 0 aromatic carbocycles. The highest BCUT2D eigenvalue weighted by molar-refractivity contribution is 5.51. The van der Waals surface area contributed by atoms with Crippen LogP contribution in [0.3, 0.4) is 0 Å². The number of hydrogen-bond acceptors (Lipinski definition) is 4. The first-order chi connectivity index (χ1) is 7.11. The predicted molar refractivity (Wildman–Crippen MR) is 51.7 cm³/mol. The molecule has 0 fully saturated rings. The van der Waals surface area contributed by atoms with Crippen molar-refractivity contribution in [2.24, 2.45) is 7.05 Å². The Hall–Kier alpha value is -2.18. The number of aromatic nitrogens is 4. The summed E-state index contributed by atoms with van der Waals surface area (Å²) >= 11 is 0. The summed E-state index contributed by atoms with van der Waals surface area (Å²) in [5.74, 6) is 0.412. The number of hydrogen-bond donors (Lipinski definition) is 0. The molecule has 0 atom stereocenters. The van der Waals surface area contributed by atoms with E-state index in [1.165, 1.54) is 11.0 Å². The maximum absolute atomic E-state index is 10.9. The van der Waals surface area contributed by atoms with Crippen molar-refractivity contribution in [2.75, 3.05) is 0 Å². The molecule has 0 aliphatic rings. The smallest absolute Gasteiger partial charge is 0.285 e. The van der Waals surface area contributed by atoms with Crippen molar-refractivity contribution in [1.82, 2.24) is 19.3 Å². The molecule has 0 saturated carbocycles. The van der Waals surface area contributed by atoms with E-state index in [9.17, 15) is 10.1 Å². The van der Waals surface area contributed by atoms with Crippen LogP contribution < -0.4 is 0 Å². The highest BCUT2D eigenvalue weighted by atomic mass is 16.6. The van der Waals surface area contributed by atoms with Gasteiger partial charge in [-0.1, -0.05) is 0 Å². The minimum atomic E-state index is -0.433. The molecule has 7 nitrogen and oxygen atoms in total. The van der Waals surface area contributed by atoms with Crippen LogP contribution in [0.4, 0.5) is 5.69 Å². The van der Waals surface area contributed by atoms with Gasteiger partial charge in [0.15, 0.2) is 0 Å². The molecule has 2 heterocycles. The fourth-order valence-corrected chi connectivity index (χ4v) is 1.52. The lowest BCUT2D eigenvalue weighted by molar-refractivity contribution is -0.385. The van der Waals surface area contributed by atoms with Crippen LogP contribution in [0.1, 0.15) is 5.69 Å². The zero-order valence-corrected chi connectivity index (χ0v) is 8.28. The van der Waals surface area contributed by atoms with Gasteiger partial charge in [-0.3, -0.25) is 14.7 Å². The second-order valence-corrected chi connectivity index (χ2v) is 3.11. The van der Waals surface area contributed by atoms with Crippen LogP contribution in [-0.2, 0) is 7.05 Å². The molecule has 78 valence electrons. The fourth-order valence-electron chi connectivity index (χ4n) is 1.52. The molecule has 0 unspecified atom stereocenters. The van der Waals surface area contributed by atoms with E-state index >= 15 is 0 Å². The number of aryl methyl sites for hydroxylation is 2. The van der Waals surface area contributed by atoms with Gasteiger partial charge < -0.3 is 0 Å². The molecule has 0 saturated heterocycles. The van der Waals surface area contributed by atoms with Gasteiger partial charge in [-0.05, 0) is 6.92 Å². The van der Waals surface area contributed by atoms with Gasteiger partial charge in [0.1, 0.15) is 12.0 Å². The Balaban J connectivity index is 2.70. The molecule has 15 heavy (non-hydrogen) atoms. The number of nitrogens with zero attached hydrogens (tertiary/aromatic N) is 5. The number of nitro groups is 1. The normalized spacial score (nSPS) is 10.5. The minimum absolute atomic E-state index is 0.00972. The summed E-state index contributed by atoms with van der Waals surface area (Å²) in [6, 6.07) is 0. The van der Waals surface area contributed by atoms with Crippen LogP contribution in [0.15, 0.2) is 18.7 Å². The third-order valence-electron chi connectivity index (χ3n) is 2.09. The van der Waals surface area contributed by atoms with Crippen molar-refractivity contribution < 1.29 is 4.92 Å². The zero-order chi connectivity index (χ0) is 11.0. The summed E-state index contributed by atoms with van der Waals surface area (Å²) in [6.45, 7) is 1.61. The van der Waals surface area contributed by atoms with Crippen LogP contribution in [0.2, 0.25) is 0 Å². The Labute approximate surface area is 85.1 Å². The third-order valence-corrected chi connectivity index (χ3v) is 2.09. The second-order valence-electron chi connectivity index (χ2n) is 3.11. The summed E-state index contributed by atoms with van der Waals surface area (Å²) in [5, 5.41) is 14.9. The molecule has 0 spiro atoms. The average Bonchev–Trinajstić information content (AvgIpc) is 2.71. The molecule has 0 radical (unpaired) electrons. The Kier molecular flexibility index (Phi) is 2.00. The molecule has 0 aliphatic heterocycles. The van der Waals surface area contributed by atoms with Gasteiger partial charge in [0.05, 0.1) is 4.92 Å². The van der Waals surface area contributed by atoms with Crippen LogP contribution in [0.5, 0.6) is 0 Å². The topological polar surface area (TPSA) is 78.8 Å². The van der Waals surface area contributed by atoms with Crippen molar-refractivity contribution in [3.05, 3.63) is 34.5 Å². The quantitative estimate of drug-likeness (QED) is 0.539. The summed E-state index contributed by atoms with van der Waals surface area (Å²) in [6.07, 6.45) is 4.71. The minimum Gasteiger partial charge on any atom is -0.285 e. The lowest BCUT2D eigenvalue weighted by atomic mass is 10.4. The van der Waals surface area contributed by atoms with Gasteiger partial charge in [-0.25, -0.2) is 9.67 Å². The summed E-state index contributed by atoms with van der Waals surface area (Å²) < 4.78 is 3.04. The first-order valence-electron chi connectivity index (χ1n) is 4.27. The van der Waals surface area contributed by atoms with E-state index in [1.54, 1.807) is 30.9 Å². The van der Waals surface area contributed by atoms with E-state index in [1.807, 2.05) is 0 Å². The van der Waals surface area contributed by atoms with E-state index in [-0.39, 0.29) is 5.69 Å². The first-order valence-corrected chi connectivity index (χ1v) is 4.27. The molecular weight excluding hydrogens is 198 g/mol. The molecule has 0 aliphatic carbocycles. The van der Waals surface area contributed by atoms with E-state index < -0.39 is 4.92 Å². The molecule has 7 heteroatoms. The van der Waals surface area contributed by atoms with Crippen molar-refractivity contribution in [3.8, 4) is 5.82 Å². The molecule has 2 aromatic heterocycles. The predicted octanol–water partition coefficient (Wildman–Crippen LogP) is 0.822. The lowest BCUT2D eigenvalue weighted by Crippen LogP contribution is -2.03. The average molecular weight is 207 g/mol. The zero-order valence-electron chi connectivity index (χ0n) is 8.28. The Bertz CT molecular complexity index is 499. The Morgan fingerprint density at radius 2 is 2.27 bits per heavy atom. The molecular formula is C8H9N5O2. The van der Waals surface area contributed by atoms with Gasteiger partial charge in [0.25, 0.3) is 0 Å². The molecule has 2 aromatic rings. The molecule has 0 bridgehead atoms. The van der Waals surface area contributed by atoms with Crippen molar-refractivity contribution in [2.45, 2.75) is 6.92 Å². The van der Waals surface area contributed by atoms with Gasteiger partial charge in [-0.15, -0.1) is 0 Å². The Morgan fingerprint density at radius 3 is 2.80 bits per heavy atom. The number of rotatable bonds is 2. The number of imidazole rings is 1. The SMILES string of the molecule is Cc1nn(C)c(-n2ccnc2)c1[N+](=O)[O-]. The van der Waals surface area contributed by atoms with Crippen molar-refractivity contribution in [1.29, 1.82) is 0 Å². The molecule has 0 amide bonds. The van der Waals surface area contributed by atoms with Gasteiger partial charge >= 0.3 is 5.69 Å². The van der Waals surface area contributed by atoms with Crippen LogP contribution >= 0.6 is 0 Å². The summed E-state index contributed by atoms with van der Waals surface area (Å²) in [7, 11) is 1.66. The first kappa shape index (κ1) is 9.38. The lowest BCUT2D eigenvalue weighted by Gasteiger charge is -2.00. The fraction of sp³-hybridized carbons (Fsp3) is 0.250. The van der Waals surface area contributed by atoms with Gasteiger partial charge in [-0.2, -0.15) is 5.10 Å². The van der Waals surface area contributed by atoms with E-state index in [0.29, 0.717) is 11.5 Å². The van der Waals surface area contributed by atoms with Crippen LogP contribution in [0.25, 0.3) is 5.82 Å². The Morgan fingerprint density at radius 1 is 1.53 bits per heavy atom. The van der Waals surface area contributed by atoms with Crippen molar-refractivity contribution >= 4 is 5.69 Å². The maximum Gasteiger partial charge on any atom is 0.334 e. The summed E-state index contributed by atoms with van der Waals surface area (Å²) in [4.78, 5) is 14.3. The molecule has 0 N–H and O–H groups in total. The van der Waals surface area contributed by atoms with E-state index in [4.69, 9.17) is 0 Å².